The molecule has 0 radical (unpaired) electrons. The molecule has 0 saturated heterocycles. The van der Waals surface area contributed by atoms with Gasteiger partial charge in [0.25, 0.3) is 10.0 Å². The number of hydrogen-bond donors (Lipinski definition) is 1. The molecule has 1 N–H and O–H groups in total. The van der Waals surface area contributed by atoms with Crippen molar-refractivity contribution in [2.24, 2.45) is 0 Å². The first-order valence-corrected chi connectivity index (χ1v) is 14.2. The summed E-state index contributed by atoms with van der Waals surface area (Å²) >= 11 is 0. The molecule has 1 heterocycles. The molecule has 0 saturated carbocycles. The number of benzene rings is 4. The highest BCUT2D eigenvalue weighted by Gasteiger charge is 2.36. The number of sulfonamides is 1. The average Bonchev–Trinajstić information content (AvgIpc) is 3.00. The van der Waals surface area contributed by atoms with Gasteiger partial charge in [-0.05, 0) is 60.5 Å². The number of pyridine rings is 1. The molecule has 4 aromatic carbocycles. The van der Waals surface area contributed by atoms with Crippen molar-refractivity contribution in [2.45, 2.75) is 17.7 Å². The van der Waals surface area contributed by atoms with Crippen molar-refractivity contribution in [1.29, 1.82) is 0 Å². The van der Waals surface area contributed by atoms with E-state index in [-0.39, 0.29) is 51.9 Å². The minimum Gasteiger partial charge on any atom is -0.497 e. The topological polar surface area (TPSA) is 132 Å². The van der Waals surface area contributed by atoms with Gasteiger partial charge in [0.1, 0.15) is 17.2 Å². The SMILES string of the molecule is Br.COc1ccc(N(C(=O)Oc2c3ccccc3nc3ccccc23)S(=O)(=O)c2ccc(CCC(=O)O)cc2)c(OC)c1. The lowest BCUT2D eigenvalue weighted by atomic mass is 10.1. The van der Waals surface area contributed by atoms with Crippen LogP contribution in [0.1, 0.15) is 12.0 Å². The van der Waals surface area contributed by atoms with Gasteiger partial charge in [0, 0.05) is 23.3 Å². The van der Waals surface area contributed by atoms with Crippen LogP contribution in [-0.2, 0) is 21.2 Å². The second kappa shape index (κ2) is 13.1. The Hall–Kier alpha value is -4.68. The molecule has 0 spiro atoms. The molecule has 0 aliphatic heterocycles. The number of aryl methyl sites for hydroxylation is 1. The van der Waals surface area contributed by atoms with Gasteiger partial charge >= 0.3 is 12.1 Å². The summed E-state index contributed by atoms with van der Waals surface area (Å²) in [6.45, 7) is 0. The van der Waals surface area contributed by atoms with Gasteiger partial charge in [0.2, 0.25) is 0 Å². The Kier molecular flexibility index (Phi) is 9.52. The van der Waals surface area contributed by atoms with E-state index >= 15 is 0 Å². The summed E-state index contributed by atoms with van der Waals surface area (Å²) in [5.74, 6) is -0.381. The lowest BCUT2D eigenvalue weighted by Crippen LogP contribution is -2.39. The lowest BCUT2D eigenvalue weighted by Gasteiger charge is -2.24. The van der Waals surface area contributed by atoms with E-state index in [1.165, 1.54) is 56.7 Å². The van der Waals surface area contributed by atoms with Crippen LogP contribution < -0.4 is 18.5 Å². The third-order valence-corrected chi connectivity index (χ3v) is 8.28. The van der Waals surface area contributed by atoms with Crippen LogP contribution in [0.5, 0.6) is 17.2 Å². The largest absolute Gasteiger partial charge is 0.497 e. The van der Waals surface area contributed by atoms with E-state index in [0.29, 0.717) is 37.4 Å². The van der Waals surface area contributed by atoms with Crippen molar-refractivity contribution in [1.82, 2.24) is 4.98 Å². The van der Waals surface area contributed by atoms with Gasteiger partial charge in [-0.25, -0.2) is 18.2 Å². The van der Waals surface area contributed by atoms with Gasteiger partial charge in [0.05, 0.1) is 30.1 Å². The quantitative estimate of drug-likeness (QED) is 0.178. The first-order chi connectivity index (χ1) is 20.2. The molecule has 0 aliphatic carbocycles. The Morgan fingerprint density at radius 2 is 1.44 bits per heavy atom. The monoisotopic (exact) mass is 666 g/mol. The summed E-state index contributed by atoms with van der Waals surface area (Å²) in [4.78, 5) is 29.4. The zero-order valence-corrected chi connectivity index (χ0v) is 25.6. The Balaban J connectivity index is 0.00000423. The number of carboxylic acids is 1. The van der Waals surface area contributed by atoms with E-state index in [1.807, 2.05) is 0 Å². The van der Waals surface area contributed by atoms with Gasteiger partial charge in [-0.3, -0.25) is 4.79 Å². The maximum atomic E-state index is 14.1. The van der Waals surface area contributed by atoms with E-state index in [9.17, 15) is 18.0 Å². The molecule has 10 nitrogen and oxygen atoms in total. The van der Waals surface area contributed by atoms with Crippen LogP contribution in [0.15, 0.2) is 95.9 Å². The Morgan fingerprint density at radius 3 is 2.00 bits per heavy atom. The van der Waals surface area contributed by atoms with Crippen molar-refractivity contribution < 1.29 is 37.3 Å². The standard InChI is InChI=1S/C31H26N2O8S.BrH/c1-39-21-14-17-27(28(19-21)40-2)33(42(37,38)22-15-11-20(12-16-22)13-18-29(34)35)31(36)41-30-23-7-3-5-9-25(23)32-26-10-6-4-8-24(26)30;/h3-12,14-17,19H,13,18H2,1-2H3,(H,34,35);1H. The number of para-hydroxylation sites is 2. The summed E-state index contributed by atoms with van der Waals surface area (Å²) in [7, 11) is -1.78. The van der Waals surface area contributed by atoms with Crippen molar-refractivity contribution in [3.63, 3.8) is 0 Å². The van der Waals surface area contributed by atoms with Crippen molar-refractivity contribution in [3.05, 3.63) is 96.6 Å². The number of nitrogens with zero attached hydrogens (tertiary/aromatic N) is 2. The number of rotatable bonds is 9. The van der Waals surface area contributed by atoms with Crippen molar-refractivity contribution in [2.75, 3.05) is 18.5 Å². The fourth-order valence-electron chi connectivity index (χ4n) is 4.50. The Bertz CT molecular complexity index is 1860. The Morgan fingerprint density at radius 1 is 0.837 bits per heavy atom. The molecule has 222 valence electrons. The molecule has 0 atom stereocenters. The highest BCUT2D eigenvalue weighted by molar-refractivity contribution is 8.93. The number of anilines is 1. The number of aliphatic carboxylic acids is 1. The maximum Gasteiger partial charge on any atom is 0.434 e. The molecule has 43 heavy (non-hydrogen) atoms. The normalized spacial score (nSPS) is 11.0. The van der Waals surface area contributed by atoms with Crippen LogP contribution >= 0.6 is 17.0 Å². The molecule has 1 aromatic heterocycles. The van der Waals surface area contributed by atoms with Crippen molar-refractivity contribution >= 4 is 66.6 Å². The molecule has 12 heteroatoms. The number of amides is 1. The highest BCUT2D eigenvalue weighted by atomic mass is 79.9. The van der Waals surface area contributed by atoms with Gasteiger partial charge in [0.15, 0.2) is 5.75 Å². The van der Waals surface area contributed by atoms with Crippen LogP contribution in [-0.4, -0.2) is 44.8 Å². The van der Waals surface area contributed by atoms with Crippen LogP contribution in [0.25, 0.3) is 21.8 Å². The first kappa shape index (κ1) is 31.3. The molecular formula is C31H27BrN2O8S. The molecule has 1 amide bonds. The van der Waals surface area contributed by atoms with Gasteiger partial charge in [-0.2, -0.15) is 4.31 Å². The molecule has 0 fully saturated rings. The zero-order valence-electron chi connectivity index (χ0n) is 23.1. The number of ether oxygens (including phenoxy) is 3. The third kappa shape index (κ3) is 6.40. The maximum absolute atomic E-state index is 14.1. The van der Waals surface area contributed by atoms with Crippen LogP contribution in [0.4, 0.5) is 10.5 Å². The van der Waals surface area contributed by atoms with Crippen molar-refractivity contribution in [3.8, 4) is 17.2 Å². The highest BCUT2D eigenvalue weighted by Crippen LogP contribution is 2.38. The van der Waals surface area contributed by atoms with Crippen LogP contribution in [0.2, 0.25) is 0 Å². The fraction of sp³-hybridized carbons (Fsp3) is 0.129. The van der Waals surface area contributed by atoms with Crippen LogP contribution in [0.3, 0.4) is 0 Å². The fourth-order valence-corrected chi connectivity index (χ4v) is 5.84. The number of carboxylic acid groups (broad SMARTS) is 1. The second-order valence-electron chi connectivity index (χ2n) is 9.19. The first-order valence-electron chi connectivity index (χ1n) is 12.8. The minimum atomic E-state index is -4.57. The van der Waals surface area contributed by atoms with E-state index in [1.54, 1.807) is 48.5 Å². The van der Waals surface area contributed by atoms with E-state index < -0.39 is 22.1 Å². The summed E-state index contributed by atoms with van der Waals surface area (Å²) < 4.78 is 45.4. The minimum absolute atomic E-state index is 0. The molecular weight excluding hydrogens is 640 g/mol. The van der Waals surface area contributed by atoms with E-state index in [2.05, 4.69) is 4.98 Å². The number of hydrogen-bond acceptors (Lipinski definition) is 8. The van der Waals surface area contributed by atoms with Crippen LogP contribution in [0, 0.1) is 0 Å². The summed E-state index contributed by atoms with van der Waals surface area (Å²) in [5, 5.41) is 10.0. The predicted octanol–water partition coefficient (Wildman–Crippen LogP) is 6.39. The second-order valence-corrected chi connectivity index (χ2v) is 11.0. The molecule has 0 aliphatic rings. The summed E-state index contributed by atoms with van der Waals surface area (Å²) in [6, 6.07) is 24.1. The summed E-state index contributed by atoms with van der Waals surface area (Å²) in [5.41, 5.74) is 1.66. The van der Waals surface area contributed by atoms with Gasteiger partial charge < -0.3 is 19.3 Å². The number of fused-ring (bicyclic) bond motifs is 2. The molecule has 5 rings (SSSR count). The number of methoxy groups -OCH3 is 2. The average molecular weight is 668 g/mol. The zero-order chi connectivity index (χ0) is 29.9. The predicted molar refractivity (Wildman–Crippen MR) is 167 cm³/mol. The molecule has 0 unspecified atom stereocenters. The lowest BCUT2D eigenvalue weighted by molar-refractivity contribution is -0.136. The summed E-state index contributed by atoms with van der Waals surface area (Å²) in [6.07, 6.45) is -1.09. The molecule has 5 aromatic rings. The smallest absolute Gasteiger partial charge is 0.434 e. The number of halogens is 1. The number of aromatic nitrogens is 1. The molecule has 0 bridgehead atoms. The van der Waals surface area contributed by atoms with E-state index in [0.717, 1.165) is 0 Å². The Labute approximate surface area is 258 Å². The van der Waals surface area contributed by atoms with Gasteiger partial charge in [-0.15, -0.1) is 17.0 Å². The third-order valence-electron chi connectivity index (χ3n) is 6.59. The number of carbonyl (C=O) groups is 2. The van der Waals surface area contributed by atoms with Gasteiger partial charge in [-0.1, -0.05) is 36.4 Å². The number of carbonyl (C=O) groups excluding carboxylic acids is 1. The van der Waals surface area contributed by atoms with E-state index in [4.69, 9.17) is 19.3 Å².